The van der Waals surface area contributed by atoms with Crippen LogP contribution in [0.1, 0.15) is 29.6 Å². The number of ketones is 1. The molecule has 0 unspecified atom stereocenters. The summed E-state index contributed by atoms with van der Waals surface area (Å²) < 4.78 is 5.09. The fourth-order valence-corrected chi connectivity index (χ4v) is 1.83. The zero-order chi connectivity index (χ0) is 11.4. The van der Waals surface area contributed by atoms with Crippen molar-refractivity contribution < 1.29 is 9.53 Å². The van der Waals surface area contributed by atoms with Gasteiger partial charge in [-0.3, -0.25) is 9.79 Å². The van der Waals surface area contributed by atoms with Gasteiger partial charge in [0.15, 0.2) is 5.78 Å². The van der Waals surface area contributed by atoms with Crippen molar-refractivity contribution in [2.75, 3.05) is 13.7 Å². The van der Waals surface area contributed by atoms with Crippen LogP contribution in [0.4, 0.5) is 0 Å². The molecule has 2 rings (SSSR count). The van der Waals surface area contributed by atoms with Crippen molar-refractivity contribution in [2.24, 2.45) is 4.99 Å². The number of hydrogen-bond donors (Lipinski definition) is 0. The number of carbonyl (C=O) groups excluding carboxylic acids is 1. The first kappa shape index (κ1) is 10.9. The third-order valence-electron chi connectivity index (χ3n) is 2.72. The van der Waals surface area contributed by atoms with E-state index in [-0.39, 0.29) is 5.78 Å². The van der Waals surface area contributed by atoms with Crippen LogP contribution in [-0.4, -0.2) is 25.1 Å². The Morgan fingerprint density at radius 2 is 2.38 bits per heavy atom. The zero-order valence-corrected chi connectivity index (χ0v) is 9.40. The van der Waals surface area contributed by atoms with Gasteiger partial charge >= 0.3 is 0 Å². The number of benzene rings is 1. The third-order valence-corrected chi connectivity index (χ3v) is 2.72. The highest BCUT2D eigenvalue weighted by Gasteiger charge is 2.13. The molecule has 1 heterocycles. The highest BCUT2D eigenvalue weighted by Crippen LogP contribution is 2.16. The molecule has 0 atom stereocenters. The molecule has 0 aromatic heterocycles. The van der Waals surface area contributed by atoms with E-state index in [0.29, 0.717) is 12.0 Å². The van der Waals surface area contributed by atoms with Crippen molar-refractivity contribution >= 4 is 11.5 Å². The second-order valence-corrected chi connectivity index (χ2v) is 3.88. The molecule has 0 aliphatic carbocycles. The van der Waals surface area contributed by atoms with Gasteiger partial charge in [-0.25, -0.2) is 0 Å². The van der Waals surface area contributed by atoms with E-state index in [4.69, 9.17) is 4.74 Å². The summed E-state index contributed by atoms with van der Waals surface area (Å²) in [6.07, 6.45) is 2.50. The maximum absolute atomic E-state index is 11.9. The molecule has 1 aliphatic rings. The standard InChI is InChI=1S/C13H15NO2/c1-16-12-6-2-4-10(8-12)13(15)9-11-5-3-7-14-11/h2,4,6,8H,3,5,7,9H2,1H3. The minimum absolute atomic E-state index is 0.125. The first-order chi connectivity index (χ1) is 7.79. The summed E-state index contributed by atoms with van der Waals surface area (Å²) in [5.74, 6) is 0.846. The Bertz CT molecular complexity index is 424. The Hall–Kier alpha value is -1.64. The van der Waals surface area contributed by atoms with E-state index in [9.17, 15) is 4.79 Å². The van der Waals surface area contributed by atoms with Gasteiger partial charge in [-0.15, -0.1) is 0 Å². The van der Waals surface area contributed by atoms with Crippen molar-refractivity contribution in [3.05, 3.63) is 29.8 Å². The Morgan fingerprint density at radius 1 is 1.50 bits per heavy atom. The van der Waals surface area contributed by atoms with Gasteiger partial charge in [0, 0.05) is 24.2 Å². The summed E-state index contributed by atoms with van der Waals surface area (Å²) in [4.78, 5) is 16.2. The van der Waals surface area contributed by atoms with E-state index < -0.39 is 0 Å². The Morgan fingerprint density at radius 3 is 3.06 bits per heavy atom. The molecule has 0 bridgehead atoms. The molecule has 0 radical (unpaired) electrons. The molecule has 1 aromatic rings. The van der Waals surface area contributed by atoms with Gasteiger partial charge < -0.3 is 4.74 Å². The van der Waals surface area contributed by atoms with Gasteiger partial charge in [0.2, 0.25) is 0 Å². The smallest absolute Gasteiger partial charge is 0.168 e. The third kappa shape index (κ3) is 2.48. The monoisotopic (exact) mass is 217 g/mol. The second-order valence-electron chi connectivity index (χ2n) is 3.88. The molecular formula is C13H15NO2. The molecule has 84 valence electrons. The van der Waals surface area contributed by atoms with Crippen molar-refractivity contribution in [1.82, 2.24) is 0 Å². The molecule has 3 nitrogen and oxygen atoms in total. The number of aliphatic imine (C=N–C) groups is 1. The fourth-order valence-electron chi connectivity index (χ4n) is 1.83. The maximum atomic E-state index is 11.9. The minimum Gasteiger partial charge on any atom is -0.497 e. The van der Waals surface area contributed by atoms with Crippen LogP contribution in [0.25, 0.3) is 0 Å². The molecule has 0 amide bonds. The van der Waals surface area contributed by atoms with Gasteiger partial charge in [-0.05, 0) is 25.0 Å². The second kappa shape index (κ2) is 4.92. The predicted molar refractivity (Wildman–Crippen MR) is 63.5 cm³/mol. The van der Waals surface area contributed by atoms with Crippen LogP contribution < -0.4 is 4.74 Å². The zero-order valence-electron chi connectivity index (χ0n) is 9.40. The van der Waals surface area contributed by atoms with Gasteiger partial charge in [0.1, 0.15) is 5.75 Å². The first-order valence-electron chi connectivity index (χ1n) is 5.49. The van der Waals surface area contributed by atoms with E-state index >= 15 is 0 Å². The summed E-state index contributed by atoms with van der Waals surface area (Å²) in [5, 5.41) is 0. The lowest BCUT2D eigenvalue weighted by Gasteiger charge is -2.03. The van der Waals surface area contributed by atoms with Crippen molar-refractivity contribution in [2.45, 2.75) is 19.3 Å². The van der Waals surface area contributed by atoms with Gasteiger partial charge in [0.25, 0.3) is 0 Å². The van der Waals surface area contributed by atoms with Crippen LogP contribution in [0.2, 0.25) is 0 Å². The van der Waals surface area contributed by atoms with Gasteiger partial charge in [-0.1, -0.05) is 12.1 Å². The lowest BCUT2D eigenvalue weighted by Crippen LogP contribution is -2.06. The normalized spacial score (nSPS) is 14.7. The summed E-state index contributed by atoms with van der Waals surface area (Å²) in [6.45, 7) is 0.876. The molecule has 0 spiro atoms. The van der Waals surface area contributed by atoms with Crippen LogP contribution in [0, 0.1) is 0 Å². The number of carbonyl (C=O) groups is 1. The number of rotatable bonds is 4. The van der Waals surface area contributed by atoms with Gasteiger partial charge in [-0.2, -0.15) is 0 Å². The molecule has 16 heavy (non-hydrogen) atoms. The Balaban J connectivity index is 2.07. The molecule has 0 N–H and O–H groups in total. The topological polar surface area (TPSA) is 38.7 Å². The molecule has 3 heteroatoms. The largest absolute Gasteiger partial charge is 0.497 e. The molecule has 1 aliphatic heterocycles. The predicted octanol–water partition coefficient (Wildman–Crippen LogP) is 2.50. The summed E-state index contributed by atoms with van der Waals surface area (Å²) >= 11 is 0. The van der Waals surface area contributed by atoms with Crippen LogP contribution in [0.5, 0.6) is 5.75 Å². The van der Waals surface area contributed by atoms with Crippen LogP contribution in [-0.2, 0) is 0 Å². The van der Waals surface area contributed by atoms with E-state index in [0.717, 1.165) is 30.8 Å². The van der Waals surface area contributed by atoms with E-state index in [1.54, 1.807) is 13.2 Å². The van der Waals surface area contributed by atoms with Crippen LogP contribution >= 0.6 is 0 Å². The summed E-state index contributed by atoms with van der Waals surface area (Å²) in [5.41, 5.74) is 1.74. The fraction of sp³-hybridized carbons (Fsp3) is 0.385. The summed E-state index contributed by atoms with van der Waals surface area (Å²) in [6, 6.07) is 7.27. The van der Waals surface area contributed by atoms with Crippen LogP contribution in [0.3, 0.4) is 0 Å². The van der Waals surface area contributed by atoms with Crippen LogP contribution in [0.15, 0.2) is 29.3 Å². The average Bonchev–Trinajstić information content (AvgIpc) is 2.82. The molecule has 0 saturated carbocycles. The number of methoxy groups -OCH3 is 1. The molecular weight excluding hydrogens is 202 g/mol. The van der Waals surface area contributed by atoms with Crippen molar-refractivity contribution in [1.29, 1.82) is 0 Å². The number of hydrogen-bond acceptors (Lipinski definition) is 3. The van der Waals surface area contributed by atoms with Crippen molar-refractivity contribution in [3.63, 3.8) is 0 Å². The Kier molecular flexibility index (Phi) is 3.34. The van der Waals surface area contributed by atoms with E-state index in [1.165, 1.54) is 0 Å². The lowest BCUT2D eigenvalue weighted by molar-refractivity contribution is 0.1000. The quantitative estimate of drug-likeness (QED) is 0.727. The number of ether oxygens (including phenoxy) is 1. The highest BCUT2D eigenvalue weighted by atomic mass is 16.5. The first-order valence-corrected chi connectivity index (χ1v) is 5.49. The van der Waals surface area contributed by atoms with E-state index in [1.807, 2.05) is 18.2 Å². The molecule has 1 aromatic carbocycles. The SMILES string of the molecule is COc1cccc(C(=O)CC2=NCCC2)c1. The highest BCUT2D eigenvalue weighted by molar-refractivity contribution is 6.10. The van der Waals surface area contributed by atoms with Crippen molar-refractivity contribution in [3.8, 4) is 5.75 Å². The number of nitrogens with zero attached hydrogens (tertiary/aromatic N) is 1. The van der Waals surface area contributed by atoms with Gasteiger partial charge in [0.05, 0.1) is 7.11 Å². The maximum Gasteiger partial charge on any atom is 0.168 e. The average molecular weight is 217 g/mol. The molecule has 0 saturated heterocycles. The number of Topliss-reactive ketones (excluding diaryl/α,β-unsaturated/α-hetero) is 1. The van der Waals surface area contributed by atoms with E-state index in [2.05, 4.69) is 4.99 Å². The Labute approximate surface area is 95.2 Å². The lowest BCUT2D eigenvalue weighted by atomic mass is 10.0. The summed E-state index contributed by atoms with van der Waals surface area (Å²) in [7, 11) is 1.60. The molecule has 0 fully saturated rings. The minimum atomic E-state index is 0.125.